The number of nitrogens with zero attached hydrogens (tertiary/aromatic N) is 3. The summed E-state index contributed by atoms with van der Waals surface area (Å²) >= 11 is 0. The van der Waals surface area contributed by atoms with E-state index in [2.05, 4.69) is 33.2 Å². The predicted octanol–water partition coefficient (Wildman–Crippen LogP) is 2.43. The van der Waals surface area contributed by atoms with Crippen molar-refractivity contribution in [1.82, 2.24) is 9.97 Å². The Morgan fingerprint density at radius 3 is 2.95 bits per heavy atom. The Morgan fingerprint density at radius 1 is 1.40 bits per heavy atom. The Morgan fingerprint density at radius 2 is 2.30 bits per heavy atom. The minimum Gasteiger partial charge on any atom is -0.377 e. The van der Waals surface area contributed by atoms with E-state index in [0.717, 1.165) is 42.9 Å². The van der Waals surface area contributed by atoms with Crippen LogP contribution in [0.2, 0.25) is 0 Å². The van der Waals surface area contributed by atoms with Crippen molar-refractivity contribution in [2.45, 2.75) is 45.3 Å². The van der Waals surface area contributed by atoms with Crippen LogP contribution >= 0.6 is 0 Å². The molecule has 5 heteroatoms. The first-order chi connectivity index (χ1) is 9.80. The van der Waals surface area contributed by atoms with Gasteiger partial charge in [-0.1, -0.05) is 6.92 Å². The molecule has 1 aliphatic carbocycles. The summed E-state index contributed by atoms with van der Waals surface area (Å²) in [5, 5.41) is 3.37. The van der Waals surface area contributed by atoms with Crippen LogP contribution in [0.1, 0.15) is 38.4 Å². The number of methoxy groups -OCH3 is 1. The zero-order valence-electron chi connectivity index (χ0n) is 12.4. The Hall–Kier alpha value is -1.36. The van der Waals surface area contributed by atoms with E-state index in [9.17, 15) is 0 Å². The molecule has 2 bridgehead atoms. The maximum Gasteiger partial charge on any atom is 0.158 e. The first kappa shape index (κ1) is 13.6. The molecule has 5 nitrogen and oxygen atoms in total. The van der Waals surface area contributed by atoms with Crippen LogP contribution in [0.4, 0.5) is 11.6 Å². The summed E-state index contributed by atoms with van der Waals surface area (Å²) in [5.74, 6) is 3.63. The number of nitrogens with one attached hydrogen (secondary N) is 1. The molecule has 0 spiro atoms. The third kappa shape index (κ3) is 2.73. The summed E-state index contributed by atoms with van der Waals surface area (Å²) in [7, 11) is 1.69. The second kappa shape index (κ2) is 5.95. The predicted molar refractivity (Wildman–Crippen MR) is 80.0 cm³/mol. The smallest absolute Gasteiger partial charge is 0.158 e. The average Bonchev–Trinajstić information content (AvgIpc) is 3.08. The molecule has 2 unspecified atom stereocenters. The van der Waals surface area contributed by atoms with E-state index < -0.39 is 0 Å². The zero-order valence-corrected chi connectivity index (χ0v) is 12.4. The van der Waals surface area contributed by atoms with Crippen molar-refractivity contribution in [3.8, 4) is 0 Å². The molecule has 3 rings (SSSR count). The second-order valence-electron chi connectivity index (χ2n) is 5.87. The highest BCUT2D eigenvalue weighted by atomic mass is 16.5. The van der Waals surface area contributed by atoms with Crippen molar-refractivity contribution in [1.29, 1.82) is 0 Å². The van der Waals surface area contributed by atoms with Gasteiger partial charge >= 0.3 is 0 Å². The lowest BCUT2D eigenvalue weighted by Crippen LogP contribution is -2.33. The van der Waals surface area contributed by atoms with Crippen LogP contribution in [0.5, 0.6) is 0 Å². The van der Waals surface area contributed by atoms with Gasteiger partial charge in [-0.3, -0.25) is 0 Å². The highest BCUT2D eigenvalue weighted by molar-refractivity contribution is 5.51. The van der Waals surface area contributed by atoms with Gasteiger partial charge in [-0.2, -0.15) is 0 Å². The molecule has 2 aliphatic rings. The number of rotatable bonds is 6. The Bertz CT molecular complexity index is 465. The Labute approximate surface area is 120 Å². The summed E-state index contributed by atoms with van der Waals surface area (Å²) in [6.07, 6.45) is 5.12. The topological polar surface area (TPSA) is 50.3 Å². The number of fused-ring (bicyclic) bond motifs is 2. The van der Waals surface area contributed by atoms with Crippen molar-refractivity contribution >= 4 is 11.6 Å². The fourth-order valence-electron chi connectivity index (χ4n) is 3.37. The fourth-order valence-corrected chi connectivity index (χ4v) is 3.37. The molecule has 2 atom stereocenters. The van der Waals surface area contributed by atoms with Crippen LogP contribution in [0.25, 0.3) is 0 Å². The van der Waals surface area contributed by atoms with Crippen LogP contribution in [-0.2, 0) is 11.3 Å². The van der Waals surface area contributed by atoms with Crippen molar-refractivity contribution < 1.29 is 4.74 Å². The molecule has 0 amide bonds. The van der Waals surface area contributed by atoms with E-state index in [4.69, 9.17) is 4.74 Å². The van der Waals surface area contributed by atoms with Gasteiger partial charge < -0.3 is 15.0 Å². The number of hydrogen-bond acceptors (Lipinski definition) is 5. The van der Waals surface area contributed by atoms with Gasteiger partial charge in [-0.05, 0) is 31.6 Å². The maximum atomic E-state index is 5.20. The number of hydrogen-bond donors (Lipinski definition) is 1. The number of ether oxygens (including phenoxy) is 1. The van der Waals surface area contributed by atoms with Crippen molar-refractivity contribution in [2.75, 3.05) is 30.4 Å². The van der Waals surface area contributed by atoms with Crippen LogP contribution in [0, 0.1) is 5.92 Å². The second-order valence-corrected chi connectivity index (χ2v) is 5.87. The molecular weight excluding hydrogens is 252 g/mol. The van der Waals surface area contributed by atoms with Crippen LogP contribution in [0.3, 0.4) is 0 Å². The average molecular weight is 276 g/mol. The number of anilines is 2. The first-order valence-electron chi connectivity index (χ1n) is 7.67. The molecule has 1 aromatic rings. The highest BCUT2D eigenvalue weighted by Crippen LogP contribution is 2.39. The van der Waals surface area contributed by atoms with E-state index in [1.165, 1.54) is 19.3 Å². The lowest BCUT2D eigenvalue weighted by molar-refractivity contribution is 0.178. The molecule has 1 aromatic heterocycles. The van der Waals surface area contributed by atoms with E-state index in [1.54, 1.807) is 7.11 Å². The van der Waals surface area contributed by atoms with E-state index >= 15 is 0 Å². The van der Waals surface area contributed by atoms with E-state index in [-0.39, 0.29) is 0 Å². The van der Waals surface area contributed by atoms with Crippen molar-refractivity contribution in [3.05, 3.63) is 11.9 Å². The quantitative estimate of drug-likeness (QED) is 0.865. The summed E-state index contributed by atoms with van der Waals surface area (Å²) in [5.41, 5.74) is 0. The van der Waals surface area contributed by atoms with E-state index in [1.807, 2.05) is 0 Å². The summed E-state index contributed by atoms with van der Waals surface area (Å²) < 4.78 is 5.20. The highest BCUT2D eigenvalue weighted by Gasteiger charge is 2.38. The number of piperidine rings is 1. The summed E-state index contributed by atoms with van der Waals surface area (Å²) in [6, 6.07) is 2.78. The van der Waals surface area contributed by atoms with E-state index in [0.29, 0.717) is 12.6 Å². The molecule has 1 N–H and O–H groups in total. The van der Waals surface area contributed by atoms with Gasteiger partial charge in [0.25, 0.3) is 0 Å². The van der Waals surface area contributed by atoms with Gasteiger partial charge in [0.05, 0.1) is 0 Å². The van der Waals surface area contributed by atoms with Crippen LogP contribution < -0.4 is 10.2 Å². The fraction of sp³-hybridized carbons (Fsp3) is 0.733. The van der Waals surface area contributed by atoms with Crippen LogP contribution in [-0.4, -0.2) is 36.2 Å². The normalized spacial score (nSPS) is 24.4. The molecular formula is C15H24N4O. The van der Waals surface area contributed by atoms with Gasteiger partial charge in [-0.25, -0.2) is 9.97 Å². The summed E-state index contributed by atoms with van der Waals surface area (Å²) in [4.78, 5) is 11.7. The zero-order chi connectivity index (χ0) is 13.9. The minimum atomic E-state index is 0.469. The third-order valence-corrected chi connectivity index (χ3v) is 4.29. The lowest BCUT2D eigenvalue weighted by atomic mass is 10.1. The molecule has 20 heavy (non-hydrogen) atoms. The molecule has 1 saturated heterocycles. The molecule has 1 saturated carbocycles. The maximum absolute atomic E-state index is 5.20. The van der Waals surface area contributed by atoms with Crippen molar-refractivity contribution in [2.24, 2.45) is 5.92 Å². The van der Waals surface area contributed by atoms with Gasteiger partial charge in [0.2, 0.25) is 0 Å². The third-order valence-electron chi connectivity index (χ3n) is 4.29. The van der Waals surface area contributed by atoms with Gasteiger partial charge in [0.1, 0.15) is 18.2 Å². The Kier molecular flexibility index (Phi) is 4.05. The monoisotopic (exact) mass is 276 g/mol. The lowest BCUT2D eigenvalue weighted by Gasteiger charge is -2.28. The molecule has 2 fully saturated rings. The Balaban J connectivity index is 1.82. The number of aromatic nitrogens is 2. The molecule has 0 radical (unpaired) electrons. The SMILES string of the molecule is CCCNc1cc(N2CC3CCC2C3)nc(COC)n1. The molecule has 1 aliphatic heterocycles. The molecule has 110 valence electrons. The van der Waals surface area contributed by atoms with Crippen LogP contribution in [0.15, 0.2) is 6.07 Å². The first-order valence-corrected chi connectivity index (χ1v) is 7.67. The largest absolute Gasteiger partial charge is 0.377 e. The summed E-state index contributed by atoms with van der Waals surface area (Å²) in [6.45, 7) is 4.72. The minimum absolute atomic E-state index is 0.469. The molecule has 0 aromatic carbocycles. The van der Waals surface area contributed by atoms with Gasteiger partial charge in [-0.15, -0.1) is 0 Å². The van der Waals surface area contributed by atoms with Gasteiger partial charge in [0, 0.05) is 32.3 Å². The molecule has 2 heterocycles. The van der Waals surface area contributed by atoms with Crippen molar-refractivity contribution in [3.63, 3.8) is 0 Å². The van der Waals surface area contributed by atoms with Gasteiger partial charge in [0.15, 0.2) is 5.82 Å². The standard InChI is InChI=1S/C15H24N4O/c1-3-6-16-13-8-15(18-14(17-13)10-20-2)19-9-11-4-5-12(19)7-11/h8,11-12H,3-7,9-10H2,1-2H3,(H,16,17,18).